The number of aryl methyl sites for hydroxylation is 1. The van der Waals surface area contributed by atoms with Crippen LogP contribution < -0.4 is 0 Å². The molecule has 3 rings (SSSR count). The van der Waals surface area contributed by atoms with Gasteiger partial charge >= 0.3 is 0 Å². The smallest absolute Gasteiger partial charge is 0.133 e. The molecule has 0 saturated carbocycles. The molecule has 0 unspecified atom stereocenters. The normalized spacial score (nSPS) is 12.0. The van der Waals surface area contributed by atoms with Gasteiger partial charge in [0.25, 0.3) is 0 Å². The van der Waals surface area contributed by atoms with Crippen LogP contribution >= 0.6 is 0 Å². The quantitative estimate of drug-likeness (QED) is 0.314. The van der Waals surface area contributed by atoms with Gasteiger partial charge in [-0.25, -0.2) is 0 Å². The van der Waals surface area contributed by atoms with Crippen LogP contribution in [0.5, 0.6) is 17.2 Å². The molecule has 7 nitrogen and oxygen atoms in total. The molecule has 0 heterocycles. The molecule has 3 N–H and O–H groups in total. The van der Waals surface area contributed by atoms with Crippen LogP contribution in [0, 0.1) is 6.92 Å². The van der Waals surface area contributed by atoms with Gasteiger partial charge in [-0.15, -0.1) is 0 Å². The van der Waals surface area contributed by atoms with Gasteiger partial charge in [-0.2, -0.15) is 0 Å². The number of aliphatic imine (C=N–C) groups is 4. The van der Waals surface area contributed by atoms with Crippen molar-refractivity contribution in [3.63, 3.8) is 0 Å². The Kier molecular flexibility index (Phi) is 9.10. The summed E-state index contributed by atoms with van der Waals surface area (Å²) in [6.07, 6.45) is 6.50. The number of aromatic hydroxyl groups is 3. The van der Waals surface area contributed by atoms with Gasteiger partial charge in [0, 0.05) is 47.1 Å². The average molecular weight is 457 g/mol. The second-order valence-electron chi connectivity index (χ2n) is 7.55. The van der Waals surface area contributed by atoms with Crippen LogP contribution in [0.2, 0.25) is 0 Å². The molecule has 174 valence electrons. The maximum Gasteiger partial charge on any atom is 0.133 e. The van der Waals surface area contributed by atoms with Gasteiger partial charge in [-0.1, -0.05) is 24.3 Å². The minimum Gasteiger partial charge on any atom is -0.507 e. The SMILES string of the molecule is Cc1cc(C=NCCN=Cc2ccccc2O)c(O)c(C=NCCN=Cc2ccccc2O)c1. The van der Waals surface area contributed by atoms with E-state index < -0.39 is 0 Å². The van der Waals surface area contributed by atoms with Gasteiger partial charge in [0.1, 0.15) is 17.2 Å². The number of hydrogen-bond donors (Lipinski definition) is 3. The Hall–Kier alpha value is -4.26. The molecule has 0 fully saturated rings. The van der Waals surface area contributed by atoms with Crippen molar-refractivity contribution in [1.82, 2.24) is 0 Å². The molecule has 0 aromatic heterocycles. The first-order valence-electron chi connectivity index (χ1n) is 10.9. The van der Waals surface area contributed by atoms with E-state index in [1.54, 1.807) is 61.3 Å². The molecular formula is C27H28N4O3. The van der Waals surface area contributed by atoms with Gasteiger partial charge in [0.2, 0.25) is 0 Å². The third-order valence-electron chi connectivity index (χ3n) is 4.82. The number of nitrogens with zero attached hydrogens (tertiary/aromatic N) is 4. The Balaban J connectivity index is 1.52. The zero-order valence-corrected chi connectivity index (χ0v) is 19.0. The molecule has 3 aromatic carbocycles. The third-order valence-corrected chi connectivity index (χ3v) is 4.82. The molecule has 0 radical (unpaired) electrons. The van der Waals surface area contributed by atoms with E-state index in [2.05, 4.69) is 20.0 Å². The summed E-state index contributed by atoms with van der Waals surface area (Å²) in [5.41, 5.74) is 3.54. The van der Waals surface area contributed by atoms with Gasteiger partial charge < -0.3 is 15.3 Å². The van der Waals surface area contributed by atoms with Gasteiger partial charge in [0.15, 0.2) is 0 Å². The molecule has 7 heteroatoms. The second-order valence-corrected chi connectivity index (χ2v) is 7.55. The molecular weight excluding hydrogens is 428 g/mol. The van der Waals surface area contributed by atoms with Crippen LogP contribution in [-0.4, -0.2) is 66.4 Å². The van der Waals surface area contributed by atoms with Crippen LogP contribution in [0.1, 0.15) is 27.8 Å². The fraction of sp³-hybridized carbons (Fsp3) is 0.185. The zero-order valence-electron chi connectivity index (χ0n) is 19.0. The largest absolute Gasteiger partial charge is 0.507 e. The van der Waals surface area contributed by atoms with Crippen LogP contribution in [0.15, 0.2) is 80.6 Å². The van der Waals surface area contributed by atoms with E-state index in [4.69, 9.17) is 0 Å². The number of benzene rings is 3. The van der Waals surface area contributed by atoms with E-state index in [-0.39, 0.29) is 17.2 Å². The van der Waals surface area contributed by atoms with Crippen molar-refractivity contribution in [2.75, 3.05) is 26.2 Å². The van der Waals surface area contributed by atoms with E-state index in [1.807, 2.05) is 31.2 Å². The fourth-order valence-electron chi connectivity index (χ4n) is 3.11. The summed E-state index contributed by atoms with van der Waals surface area (Å²) < 4.78 is 0. The Morgan fingerprint density at radius 1 is 0.559 bits per heavy atom. The van der Waals surface area contributed by atoms with Crippen molar-refractivity contribution < 1.29 is 15.3 Å². The summed E-state index contributed by atoms with van der Waals surface area (Å²) >= 11 is 0. The van der Waals surface area contributed by atoms with Crippen molar-refractivity contribution in [3.8, 4) is 17.2 Å². The molecule has 0 bridgehead atoms. The highest BCUT2D eigenvalue weighted by atomic mass is 16.3. The highest BCUT2D eigenvalue weighted by Crippen LogP contribution is 2.22. The second kappa shape index (κ2) is 12.7. The summed E-state index contributed by atoms with van der Waals surface area (Å²) in [7, 11) is 0. The molecule has 0 saturated heterocycles. The van der Waals surface area contributed by atoms with Crippen LogP contribution in [0.4, 0.5) is 0 Å². The number of phenolic OH excluding ortho intramolecular Hbond substituents is 3. The lowest BCUT2D eigenvalue weighted by atomic mass is 10.1. The van der Waals surface area contributed by atoms with Crippen molar-refractivity contribution in [2.24, 2.45) is 20.0 Å². The minimum absolute atomic E-state index is 0.119. The lowest BCUT2D eigenvalue weighted by Crippen LogP contribution is -1.95. The highest BCUT2D eigenvalue weighted by molar-refractivity contribution is 5.92. The van der Waals surface area contributed by atoms with Crippen molar-refractivity contribution >= 4 is 24.9 Å². The summed E-state index contributed by atoms with van der Waals surface area (Å²) in [5.74, 6) is 0.500. The number of rotatable bonds is 10. The van der Waals surface area contributed by atoms with Gasteiger partial charge in [-0.3, -0.25) is 20.0 Å². The van der Waals surface area contributed by atoms with Crippen LogP contribution in [-0.2, 0) is 0 Å². The fourth-order valence-corrected chi connectivity index (χ4v) is 3.11. The van der Waals surface area contributed by atoms with Gasteiger partial charge in [0.05, 0.1) is 26.2 Å². The Morgan fingerprint density at radius 2 is 0.912 bits per heavy atom. The summed E-state index contributed by atoms with van der Waals surface area (Å²) in [6, 6.07) is 17.7. The van der Waals surface area contributed by atoms with E-state index in [9.17, 15) is 15.3 Å². The predicted molar refractivity (Wildman–Crippen MR) is 139 cm³/mol. The van der Waals surface area contributed by atoms with Crippen LogP contribution in [0.25, 0.3) is 0 Å². The zero-order chi connectivity index (χ0) is 24.2. The minimum atomic E-state index is 0.119. The molecule has 0 atom stereocenters. The van der Waals surface area contributed by atoms with E-state index in [0.29, 0.717) is 48.4 Å². The summed E-state index contributed by atoms with van der Waals surface area (Å²) in [6.45, 7) is 3.78. The number of para-hydroxylation sites is 2. The lowest BCUT2D eigenvalue weighted by molar-refractivity contribution is 0.473. The first-order chi connectivity index (χ1) is 16.5. The highest BCUT2D eigenvalue weighted by Gasteiger charge is 2.05. The van der Waals surface area contributed by atoms with Crippen LogP contribution in [0.3, 0.4) is 0 Å². The summed E-state index contributed by atoms with van der Waals surface area (Å²) in [5, 5.41) is 30.0. The van der Waals surface area contributed by atoms with Gasteiger partial charge in [-0.05, 0) is 48.9 Å². The lowest BCUT2D eigenvalue weighted by Gasteiger charge is -2.05. The first kappa shape index (κ1) is 24.4. The van der Waals surface area contributed by atoms with E-state index >= 15 is 0 Å². The van der Waals surface area contributed by atoms with E-state index in [1.165, 1.54) is 0 Å². The standard InChI is InChI=1S/C27H28N4O3/c1-20-14-23(18-30-12-10-28-16-21-6-2-4-8-25(21)32)27(34)24(15-20)19-31-13-11-29-17-22-7-3-5-9-26(22)33/h2-9,14-19,32-34H,10-13H2,1H3. The monoisotopic (exact) mass is 456 g/mol. The average Bonchev–Trinajstić information content (AvgIpc) is 2.83. The topological polar surface area (TPSA) is 110 Å². The molecule has 0 aliphatic heterocycles. The molecule has 3 aromatic rings. The maximum absolute atomic E-state index is 10.6. The first-order valence-corrected chi connectivity index (χ1v) is 10.9. The Morgan fingerprint density at radius 3 is 1.29 bits per heavy atom. The Labute approximate surface area is 199 Å². The van der Waals surface area contributed by atoms with Crippen molar-refractivity contribution in [2.45, 2.75) is 6.92 Å². The molecule has 34 heavy (non-hydrogen) atoms. The van der Waals surface area contributed by atoms with Crippen molar-refractivity contribution in [3.05, 3.63) is 88.5 Å². The number of hydrogen-bond acceptors (Lipinski definition) is 7. The van der Waals surface area contributed by atoms with E-state index in [0.717, 1.165) is 5.56 Å². The predicted octanol–water partition coefficient (Wildman–Crippen LogP) is 4.19. The maximum atomic E-state index is 10.6. The molecule has 0 aliphatic rings. The third kappa shape index (κ3) is 7.41. The Bertz CT molecular complexity index is 1130. The molecule has 0 spiro atoms. The van der Waals surface area contributed by atoms with Crippen molar-refractivity contribution in [1.29, 1.82) is 0 Å². The summed E-state index contributed by atoms with van der Waals surface area (Å²) in [4.78, 5) is 17.2. The molecule has 0 aliphatic carbocycles. The number of phenols is 3. The molecule has 0 amide bonds.